The summed E-state index contributed by atoms with van der Waals surface area (Å²) in [6.45, 7) is 4.85. The zero-order valence-electron chi connectivity index (χ0n) is 11.0. The number of nitrogens with zero attached hydrogens (tertiary/aromatic N) is 1. The number of para-hydroxylation sites is 2. The summed E-state index contributed by atoms with van der Waals surface area (Å²) in [7, 11) is 0. The summed E-state index contributed by atoms with van der Waals surface area (Å²) in [6, 6.07) is 7.60. The van der Waals surface area contributed by atoms with E-state index in [2.05, 4.69) is 5.32 Å². The summed E-state index contributed by atoms with van der Waals surface area (Å²) in [5.41, 5.74) is 0.640. The van der Waals surface area contributed by atoms with Crippen molar-refractivity contribution in [3.05, 3.63) is 24.3 Å². The van der Waals surface area contributed by atoms with Crippen molar-refractivity contribution in [3.63, 3.8) is 0 Å². The highest BCUT2D eigenvalue weighted by atomic mass is 16.5. The lowest BCUT2D eigenvalue weighted by atomic mass is 10.0. The van der Waals surface area contributed by atoms with Crippen molar-refractivity contribution < 1.29 is 14.3 Å². The van der Waals surface area contributed by atoms with E-state index < -0.39 is 0 Å². The second-order valence-electron chi connectivity index (χ2n) is 5.20. The summed E-state index contributed by atoms with van der Waals surface area (Å²) in [6.07, 6.45) is 0. The van der Waals surface area contributed by atoms with Gasteiger partial charge in [0.1, 0.15) is 19.0 Å². The van der Waals surface area contributed by atoms with Crippen molar-refractivity contribution in [2.45, 2.75) is 12.5 Å². The lowest BCUT2D eigenvalue weighted by Gasteiger charge is -2.39. The number of hydrogen-bond donors (Lipinski definition) is 1. The molecule has 0 saturated carbocycles. The topological polar surface area (TPSA) is 50.8 Å². The molecular weight excluding hydrogens is 244 g/mol. The van der Waals surface area contributed by atoms with Gasteiger partial charge in [0.05, 0.1) is 17.8 Å². The number of benzene rings is 1. The highest BCUT2D eigenvalue weighted by molar-refractivity contribution is 5.96. The molecule has 1 amide bonds. The average molecular weight is 262 g/mol. The Morgan fingerprint density at radius 1 is 1.47 bits per heavy atom. The number of nitrogens with one attached hydrogen (secondary N) is 1. The highest BCUT2D eigenvalue weighted by Gasteiger charge is 2.34. The van der Waals surface area contributed by atoms with Gasteiger partial charge in [-0.3, -0.25) is 4.79 Å². The monoisotopic (exact) mass is 262 g/mol. The molecule has 0 aliphatic carbocycles. The molecule has 1 fully saturated rings. The molecule has 102 valence electrons. The Labute approximate surface area is 112 Å². The van der Waals surface area contributed by atoms with Gasteiger partial charge in [-0.25, -0.2) is 0 Å². The van der Waals surface area contributed by atoms with Gasteiger partial charge in [-0.15, -0.1) is 0 Å². The normalized spacial score (nSPS) is 20.2. The fourth-order valence-electron chi connectivity index (χ4n) is 2.32. The lowest BCUT2D eigenvalue weighted by Crippen LogP contribution is -2.59. The average Bonchev–Trinajstić information content (AvgIpc) is 2.42. The second kappa shape index (κ2) is 4.83. The summed E-state index contributed by atoms with van der Waals surface area (Å²) < 4.78 is 11.2. The minimum Gasteiger partial charge on any atom is -0.490 e. The van der Waals surface area contributed by atoms with Crippen molar-refractivity contribution in [1.82, 2.24) is 5.32 Å². The van der Waals surface area contributed by atoms with E-state index in [9.17, 15) is 4.79 Å². The standard InChI is InChI=1S/C14H18N2O3/c1-14(9-15-10-14)19-8-13(17)16-6-7-18-12-5-3-2-4-11(12)16/h2-5,15H,6-10H2,1H3. The zero-order chi connectivity index (χ0) is 13.3. The summed E-state index contributed by atoms with van der Waals surface area (Å²) in [5.74, 6) is 0.752. The van der Waals surface area contributed by atoms with E-state index in [0.29, 0.717) is 13.2 Å². The van der Waals surface area contributed by atoms with Crippen LogP contribution in [0.3, 0.4) is 0 Å². The molecule has 1 aromatic rings. The van der Waals surface area contributed by atoms with Crippen molar-refractivity contribution in [2.24, 2.45) is 0 Å². The zero-order valence-corrected chi connectivity index (χ0v) is 11.0. The quantitative estimate of drug-likeness (QED) is 0.875. The van der Waals surface area contributed by atoms with Gasteiger partial charge in [-0.2, -0.15) is 0 Å². The minimum atomic E-state index is -0.193. The Morgan fingerprint density at radius 3 is 3.00 bits per heavy atom. The smallest absolute Gasteiger partial charge is 0.253 e. The fourth-order valence-corrected chi connectivity index (χ4v) is 2.32. The Hall–Kier alpha value is -1.59. The minimum absolute atomic E-state index is 0.0103. The molecule has 0 radical (unpaired) electrons. The van der Waals surface area contributed by atoms with Crippen molar-refractivity contribution >= 4 is 11.6 Å². The molecule has 5 nitrogen and oxygen atoms in total. The predicted octanol–water partition coefficient (Wildman–Crippen LogP) is 0.790. The molecule has 0 aromatic heterocycles. The summed E-state index contributed by atoms with van der Waals surface area (Å²) >= 11 is 0. The Bertz CT molecular complexity index is 485. The maximum absolute atomic E-state index is 12.3. The molecule has 5 heteroatoms. The van der Waals surface area contributed by atoms with E-state index in [1.807, 2.05) is 31.2 Å². The number of carbonyl (C=O) groups is 1. The first-order valence-corrected chi connectivity index (χ1v) is 6.55. The van der Waals surface area contributed by atoms with Crippen LogP contribution in [0.4, 0.5) is 5.69 Å². The van der Waals surface area contributed by atoms with Crippen LogP contribution in [0.15, 0.2) is 24.3 Å². The number of carbonyl (C=O) groups excluding carboxylic acids is 1. The van der Waals surface area contributed by atoms with Gasteiger partial charge in [0.2, 0.25) is 0 Å². The lowest BCUT2D eigenvalue weighted by molar-refractivity contribution is -0.133. The van der Waals surface area contributed by atoms with Crippen molar-refractivity contribution in [3.8, 4) is 5.75 Å². The number of ether oxygens (including phenoxy) is 2. The Kier molecular flexibility index (Phi) is 3.16. The SMILES string of the molecule is CC1(OCC(=O)N2CCOc3ccccc32)CNC1. The van der Waals surface area contributed by atoms with Crippen LogP contribution in [0, 0.1) is 0 Å². The van der Waals surface area contributed by atoms with E-state index in [-0.39, 0.29) is 18.1 Å². The summed E-state index contributed by atoms with van der Waals surface area (Å²) in [5, 5.41) is 3.15. The van der Waals surface area contributed by atoms with Gasteiger partial charge < -0.3 is 19.7 Å². The van der Waals surface area contributed by atoms with E-state index in [4.69, 9.17) is 9.47 Å². The Morgan fingerprint density at radius 2 is 2.26 bits per heavy atom. The first kappa shape index (κ1) is 12.4. The highest BCUT2D eigenvalue weighted by Crippen LogP contribution is 2.31. The first-order chi connectivity index (χ1) is 9.18. The molecule has 2 heterocycles. The molecule has 0 bridgehead atoms. The van der Waals surface area contributed by atoms with E-state index >= 15 is 0 Å². The molecule has 2 aliphatic rings. The van der Waals surface area contributed by atoms with Gasteiger partial charge in [-0.1, -0.05) is 12.1 Å². The molecule has 1 N–H and O–H groups in total. The van der Waals surface area contributed by atoms with E-state index in [1.54, 1.807) is 4.90 Å². The predicted molar refractivity (Wildman–Crippen MR) is 71.5 cm³/mol. The molecule has 0 unspecified atom stereocenters. The number of anilines is 1. The van der Waals surface area contributed by atoms with Gasteiger partial charge in [-0.05, 0) is 19.1 Å². The molecular formula is C14H18N2O3. The third-order valence-electron chi connectivity index (χ3n) is 3.57. The third-order valence-corrected chi connectivity index (χ3v) is 3.57. The van der Waals surface area contributed by atoms with Crippen LogP contribution in [0.5, 0.6) is 5.75 Å². The summed E-state index contributed by atoms with van der Waals surface area (Å²) in [4.78, 5) is 14.0. The van der Waals surface area contributed by atoms with E-state index in [0.717, 1.165) is 24.5 Å². The maximum Gasteiger partial charge on any atom is 0.253 e. The van der Waals surface area contributed by atoms with Gasteiger partial charge in [0.25, 0.3) is 5.91 Å². The third kappa shape index (κ3) is 2.43. The van der Waals surface area contributed by atoms with Crippen LogP contribution < -0.4 is 15.0 Å². The van der Waals surface area contributed by atoms with Crippen LogP contribution in [0.2, 0.25) is 0 Å². The largest absolute Gasteiger partial charge is 0.490 e. The van der Waals surface area contributed by atoms with Crippen LogP contribution in [0.25, 0.3) is 0 Å². The van der Waals surface area contributed by atoms with Crippen molar-refractivity contribution in [1.29, 1.82) is 0 Å². The molecule has 0 spiro atoms. The first-order valence-electron chi connectivity index (χ1n) is 6.55. The molecule has 1 aromatic carbocycles. The maximum atomic E-state index is 12.3. The second-order valence-corrected chi connectivity index (χ2v) is 5.20. The fraction of sp³-hybridized carbons (Fsp3) is 0.500. The van der Waals surface area contributed by atoms with Crippen molar-refractivity contribution in [2.75, 3.05) is 37.7 Å². The van der Waals surface area contributed by atoms with E-state index in [1.165, 1.54) is 0 Å². The van der Waals surface area contributed by atoms with Crippen LogP contribution in [-0.2, 0) is 9.53 Å². The molecule has 0 atom stereocenters. The van der Waals surface area contributed by atoms with Crippen LogP contribution >= 0.6 is 0 Å². The van der Waals surface area contributed by atoms with Gasteiger partial charge >= 0.3 is 0 Å². The van der Waals surface area contributed by atoms with Gasteiger partial charge in [0, 0.05) is 13.1 Å². The molecule has 2 aliphatic heterocycles. The molecule has 1 saturated heterocycles. The van der Waals surface area contributed by atoms with Crippen LogP contribution in [-0.4, -0.2) is 44.4 Å². The van der Waals surface area contributed by atoms with Gasteiger partial charge in [0.15, 0.2) is 0 Å². The number of fused-ring (bicyclic) bond motifs is 1. The van der Waals surface area contributed by atoms with Crippen LogP contribution in [0.1, 0.15) is 6.92 Å². The number of rotatable bonds is 3. The number of amides is 1. The molecule has 3 rings (SSSR count). The molecule has 19 heavy (non-hydrogen) atoms. The Balaban J connectivity index is 1.67. The number of hydrogen-bond acceptors (Lipinski definition) is 4.